The number of hydrogen-bond donors (Lipinski definition) is 1. The summed E-state index contributed by atoms with van der Waals surface area (Å²) in [6.07, 6.45) is 0. The minimum Gasteiger partial charge on any atom is -0.471 e. The fraction of sp³-hybridized carbons (Fsp3) is 0.467. The van der Waals surface area contributed by atoms with Gasteiger partial charge in [-0.15, -0.1) is 0 Å². The molecule has 0 fully saturated rings. The fourth-order valence-corrected chi connectivity index (χ4v) is 1.89. The molecule has 0 bridgehead atoms. The third-order valence-corrected chi connectivity index (χ3v) is 2.88. The second-order valence-corrected chi connectivity index (χ2v) is 5.19. The highest BCUT2D eigenvalue weighted by Crippen LogP contribution is 2.13. The standard InChI is InChI=1S/C15H22N4O/c1-11(2)16-9-13-6-5-7-14(17-13)10-20-15-8-12(3)18-19(15)4/h5-8,11,16H,9-10H2,1-4H3. The van der Waals surface area contributed by atoms with Gasteiger partial charge in [0.2, 0.25) is 5.88 Å². The number of ether oxygens (including phenoxy) is 1. The highest BCUT2D eigenvalue weighted by atomic mass is 16.5. The normalized spacial score (nSPS) is 11.1. The molecule has 0 atom stereocenters. The lowest BCUT2D eigenvalue weighted by Crippen LogP contribution is -2.22. The number of nitrogens with zero attached hydrogens (tertiary/aromatic N) is 3. The molecule has 0 aliphatic heterocycles. The molecule has 2 aromatic heterocycles. The summed E-state index contributed by atoms with van der Waals surface area (Å²) in [7, 11) is 1.87. The van der Waals surface area contributed by atoms with Gasteiger partial charge in [0.25, 0.3) is 0 Å². The number of rotatable bonds is 6. The molecule has 0 aliphatic carbocycles. The van der Waals surface area contributed by atoms with E-state index in [-0.39, 0.29) is 0 Å². The first-order valence-corrected chi connectivity index (χ1v) is 6.86. The second-order valence-electron chi connectivity index (χ2n) is 5.19. The van der Waals surface area contributed by atoms with Crippen molar-refractivity contribution in [2.75, 3.05) is 0 Å². The maximum absolute atomic E-state index is 5.74. The van der Waals surface area contributed by atoms with E-state index in [1.165, 1.54) is 0 Å². The minimum absolute atomic E-state index is 0.453. The molecule has 20 heavy (non-hydrogen) atoms. The average molecular weight is 274 g/mol. The van der Waals surface area contributed by atoms with Crippen LogP contribution in [0.25, 0.3) is 0 Å². The smallest absolute Gasteiger partial charge is 0.212 e. The van der Waals surface area contributed by atoms with Crippen molar-refractivity contribution < 1.29 is 4.74 Å². The Morgan fingerprint density at radius 1 is 1.30 bits per heavy atom. The van der Waals surface area contributed by atoms with Crippen molar-refractivity contribution in [1.82, 2.24) is 20.1 Å². The van der Waals surface area contributed by atoms with Gasteiger partial charge in [0, 0.05) is 25.7 Å². The molecule has 5 heteroatoms. The van der Waals surface area contributed by atoms with Gasteiger partial charge in [-0.3, -0.25) is 4.98 Å². The summed E-state index contributed by atoms with van der Waals surface area (Å²) >= 11 is 0. The van der Waals surface area contributed by atoms with Crippen molar-refractivity contribution in [2.24, 2.45) is 7.05 Å². The summed E-state index contributed by atoms with van der Waals surface area (Å²) in [4.78, 5) is 4.58. The molecule has 0 saturated heterocycles. The van der Waals surface area contributed by atoms with E-state index in [2.05, 4.69) is 29.2 Å². The highest BCUT2D eigenvalue weighted by Gasteiger charge is 2.04. The molecule has 0 radical (unpaired) electrons. The zero-order valence-corrected chi connectivity index (χ0v) is 12.6. The molecule has 5 nitrogen and oxygen atoms in total. The summed E-state index contributed by atoms with van der Waals surface area (Å²) in [6.45, 7) is 7.42. The zero-order valence-electron chi connectivity index (χ0n) is 12.6. The van der Waals surface area contributed by atoms with Gasteiger partial charge in [-0.05, 0) is 19.1 Å². The topological polar surface area (TPSA) is 52.0 Å². The van der Waals surface area contributed by atoms with E-state index in [4.69, 9.17) is 4.74 Å². The van der Waals surface area contributed by atoms with Crippen LogP contribution in [0.5, 0.6) is 5.88 Å². The van der Waals surface area contributed by atoms with E-state index in [0.29, 0.717) is 12.6 Å². The van der Waals surface area contributed by atoms with Gasteiger partial charge >= 0.3 is 0 Å². The average Bonchev–Trinajstić information content (AvgIpc) is 2.73. The Kier molecular flexibility index (Phi) is 4.74. The summed E-state index contributed by atoms with van der Waals surface area (Å²) in [5.41, 5.74) is 2.90. The Morgan fingerprint density at radius 3 is 2.70 bits per heavy atom. The second kappa shape index (κ2) is 6.52. The van der Waals surface area contributed by atoms with Crippen molar-refractivity contribution in [1.29, 1.82) is 0 Å². The maximum Gasteiger partial charge on any atom is 0.212 e. The Balaban J connectivity index is 1.96. The van der Waals surface area contributed by atoms with Crippen LogP contribution in [-0.4, -0.2) is 20.8 Å². The van der Waals surface area contributed by atoms with Crippen LogP contribution in [0.15, 0.2) is 24.3 Å². The molecule has 2 aromatic rings. The van der Waals surface area contributed by atoms with Crippen LogP contribution in [0.3, 0.4) is 0 Å². The molecule has 2 heterocycles. The summed E-state index contributed by atoms with van der Waals surface area (Å²) in [5.74, 6) is 0.759. The third kappa shape index (κ3) is 4.06. The van der Waals surface area contributed by atoms with Crippen molar-refractivity contribution in [3.63, 3.8) is 0 Å². The molecule has 0 spiro atoms. The van der Waals surface area contributed by atoms with Crippen LogP contribution in [0.2, 0.25) is 0 Å². The molecular formula is C15H22N4O. The molecule has 108 valence electrons. The molecule has 0 aromatic carbocycles. The lowest BCUT2D eigenvalue weighted by atomic mass is 10.3. The first-order valence-electron chi connectivity index (χ1n) is 6.86. The van der Waals surface area contributed by atoms with E-state index in [9.17, 15) is 0 Å². The van der Waals surface area contributed by atoms with E-state index >= 15 is 0 Å². The Bertz CT molecular complexity index is 563. The van der Waals surface area contributed by atoms with Crippen LogP contribution in [-0.2, 0) is 20.2 Å². The molecule has 0 unspecified atom stereocenters. The number of aromatic nitrogens is 3. The monoisotopic (exact) mass is 274 g/mol. The first kappa shape index (κ1) is 14.5. The fourth-order valence-electron chi connectivity index (χ4n) is 1.89. The molecule has 1 N–H and O–H groups in total. The van der Waals surface area contributed by atoms with E-state index in [0.717, 1.165) is 29.5 Å². The predicted molar refractivity (Wildman–Crippen MR) is 78.5 cm³/mol. The third-order valence-electron chi connectivity index (χ3n) is 2.88. The van der Waals surface area contributed by atoms with Crippen LogP contribution in [0, 0.1) is 6.92 Å². The van der Waals surface area contributed by atoms with Gasteiger partial charge in [-0.1, -0.05) is 19.9 Å². The molecule has 0 aliphatic rings. The number of hydrogen-bond acceptors (Lipinski definition) is 4. The Hall–Kier alpha value is -1.88. The molecular weight excluding hydrogens is 252 g/mol. The van der Waals surface area contributed by atoms with Crippen molar-refractivity contribution >= 4 is 0 Å². The maximum atomic E-state index is 5.74. The number of nitrogens with one attached hydrogen (secondary N) is 1. The number of aryl methyl sites for hydroxylation is 2. The summed E-state index contributed by atoms with van der Waals surface area (Å²) in [5, 5.41) is 7.61. The first-order chi connectivity index (χ1) is 9.54. The van der Waals surface area contributed by atoms with Gasteiger partial charge < -0.3 is 10.1 Å². The van der Waals surface area contributed by atoms with Gasteiger partial charge in [-0.25, -0.2) is 4.68 Å². The van der Waals surface area contributed by atoms with Crippen LogP contribution in [0.1, 0.15) is 30.9 Å². The van der Waals surface area contributed by atoms with Crippen LogP contribution >= 0.6 is 0 Å². The summed E-state index contributed by atoms with van der Waals surface area (Å²) in [6, 6.07) is 8.38. The van der Waals surface area contributed by atoms with Crippen molar-refractivity contribution in [2.45, 2.75) is 40.0 Å². The molecule has 0 saturated carbocycles. The van der Waals surface area contributed by atoms with Gasteiger partial charge in [0.05, 0.1) is 17.1 Å². The molecule has 2 rings (SSSR count). The minimum atomic E-state index is 0.453. The van der Waals surface area contributed by atoms with E-state index < -0.39 is 0 Å². The lowest BCUT2D eigenvalue weighted by molar-refractivity contribution is 0.274. The van der Waals surface area contributed by atoms with Gasteiger partial charge in [-0.2, -0.15) is 5.10 Å². The highest BCUT2D eigenvalue weighted by molar-refractivity contribution is 5.16. The Labute approximate surface area is 120 Å². The Morgan fingerprint density at radius 2 is 2.05 bits per heavy atom. The summed E-state index contributed by atoms with van der Waals surface area (Å²) < 4.78 is 7.48. The zero-order chi connectivity index (χ0) is 14.5. The van der Waals surface area contributed by atoms with Crippen molar-refractivity contribution in [3.05, 3.63) is 41.3 Å². The lowest BCUT2D eigenvalue weighted by Gasteiger charge is -2.09. The SMILES string of the molecule is Cc1cc(OCc2cccc(CNC(C)C)n2)n(C)n1. The van der Waals surface area contributed by atoms with Crippen molar-refractivity contribution in [3.8, 4) is 5.88 Å². The van der Waals surface area contributed by atoms with Gasteiger partial charge in [0.15, 0.2) is 0 Å². The van der Waals surface area contributed by atoms with Crippen LogP contribution in [0.4, 0.5) is 0 Å². The quantitative estimate of drug-likeness (QED) is 0.877. The van der Waals surface area contributed by atoms with Crippen LogP contribution < -0.4 is 10.1 Å². The predicted octanol–water partition coefficient (Wildman–Crippen LogP) is 2.20. The van der Waals surface area contributed by atoms with Gasteiger partial charge in [0.1, 0.15) is 6.61 Å². The number of pyridine rings is 1. The van der Waals surface area contributed by atoms with E-state index in [1.54, 1.807) is 4.68 Å². The van der Waals surface area contributed by atoms with E-state index in [1.807, 2.05) is 38.2 Å². The molecule has 0 amide bonds. The largest absolute Gasteiger partial charge is 0.471 e.